The highest BCUT2D eigenvalue weighted by Crippen LogP contribution is 2.24. The summed E-state index contributed by atoms with van der Waals surface area (Å²) in [6.45, 7) is 5.61. The topological polar surface area (TPSA) is 64.4 Å². The van der Waals surface area contributed by atoms with Crippen LogP contribution in [0.15, 0.2) is 47.1 Å². The van der Waals surface area contributed by atoms with Crippen LogP contribution in [0.3, 0.4) is 0 Å². The Morgan fingerprint density at radius 1 is 1.24 bits per heavy atom. The number of aromatic nitrogens is 1. The maximum Gasteiger partial charge on any atom is 0.273 e. The number of hydrogen-bond donors (Lipinski definition) is 1. The van der Waals surface area contributed by atoms with Crippen LogP contribution < -0.4 is 10.1 Å². The van der Waals surface area contributed by atoms with Gasteiger partial charge in [0.15, 0.2) is 5.69 Å². The third-order valence-corrected chi connectivity index (χ3v) is 4.44. The normalized spacial score (nSPS) is 11.9. The fourth-order valence-electron chi connectivity index (χ4n) is 2.72. The quantitative estimate of drug-likeness (QED) is 0.591. The average Bonchev–Trinajstić information content (AvgIpc) is 3.20. The summed E-state index contributed by atoms with van der Waals surface area (Å²) in [4.78, 5) is 16.7. The number of halogens is 2. The Labute approximate surface area is 167 Å². The second-order valence-corrected chi connectivity index (χ2v) is 6.72. The lowest BCUT2D eigenvalue weighted by atomic mass is 10.1. The molecule has 7 heteroatoms. The van der Waals surface area contributed by atoms with E-state index in [4.69, 9.17) is 9.15 Å². The molecule has 0 fully saturated rings. The second kappa shape index (κ2) is 8.86. The van der Waals surface area contributed by atoms with Gasteiger partial charge >= 0.3 is 0 Å². The molecule has 0 radical (unpaired) electrons. The third kappa shape index (κ3) is 4.80. The van der Waals surface area contributed by atoms with Crippen LogP contribution in [0.1, 0.15) is 47.9 Å². The highest BCUT2D eigenvalue weighted by molar-refractivity contribution is 5.92. The Morgan fingerprint density at radius 3 is 2.66 bits per heavy atom. The number of nitrogens with one attached hydrogen (secondary N) is 1. The van der Waals surface area contributed by atoms with Gasteiger partial charge in [-0.05, 0) is 56.2 Å². The lowest BCUT2D eigenvalue weighted by molar-refractivity contribution is 0.0934. The number of oxazole rings is 1. The van der Waals surface area contributed by atoms with Gasteiger partial charge in [-0.15, -0.1) is 0 Å². The molecule has 1 aromatic heterocycles. The molecule has 0 spiro atoms. The van der Waals surface area contributed by atoms with Crippen LogP contribution in [0.4, 0.5) is 8.78 Å². The van der Waals surface area contributed by atoms with E-state index in [-0.39, 0.29) is 17.1 Å². The SMILES string of the molecule is CCCOc1cccc(-c2nc(C(=O)NC(C)c3cc(F)c(C)c(F)c3)co2)c1. The molecule has 1 amide bonds. The van der Waals surface area contributed by atoms with Crippen molar-refractivity contribution >= 4 is 5.91 Å². The van der Waals surface area contributed by atoms with Crippen molar-refractivity contribution in [1.82, 2.24) is 10.3 Å². The average molecular weight is 400 g/mol. The second-order valence-electron chi connectivity index (χ2n) is 6.72. The fraction of sp³-hybridized carbons (Fsp3) is 0.273. The van der Waals surface area contributed by atoms with Crippen LogP contribution in [0, 0.1) is 18.6 Å². The highest BCUT2D eigenvalue weighted by Gasteiger charge is 2.18. The minimum absolute atomic E-state index is 0.0569. The van der Waals surface area contributed by atoms with Crippen molar-refractivity contribution in [2.45, 2.75) is 33.2 Å². The van der Waals surface area contributed by atoms with E-state index in [9.17, 15) is 13.6 Å². The van der Waals surface area contributed by atoms with Gasteiger partial charge in [-0.2, -0.15) is 0 Å². The summed E-state index contributed by atoms with van der Waals surface area (Å²) in [5.74, 6) is -0.861. The first kappa shape index (κ1) is 20.5. The summed E-state index contributed by atoms with van der Waals surface area (Å²) in [6.07, 6.45) is 2.13. The molecule has 1 atom stereocenters. The summed E-state index contributed by atoms with van der Waals surface area (Å²) in [5, 5.41) is 2.67. The molecule has 0 saturated heterocycles. The van der Waals surface area contributed by atoms with Crippen LogP contribution in [0.25, 0.3) is 11.5 Å². The van der Waals surface area contributed by atoms with E-state index < -0.39 is 23.6 Å². The number of rotatable bonds is 7. The van der Waals surface area contributed by atoms with Crippen molar-refractivity contribution < 1.29 is 22.7 Å². The fourth-order valence-corrected chi connectivity index (χ4v) is 2.72. The van der Waals surface area contributed by atoms with Crippen molar-refractivity contribution in [3.05, 3.63) is 71.1 Å². The van der Waals surface area contributed by atoms with E-state index in [1.54, 1.807) is 19.1 Å². The Morgan fingerprint density at radius 2 is 1.97 bits per heavy atom. The van der Waals surface area contributed by atoms with Crippen molar-refractivity contribution in [2.24, 2.45) is 0 Å². The predicted octanol–water partition coefficient (Wildman–Crippen LogP) is 5.21. The number of hydrogen-bond acceptors (Lipinski definition) is 4. The summed E-state index contributed by atoms with van der Waals surface area (Å²) in [6, 6.07) is 9.03. The molecular formula is C22H22F2N2O3. The molecule has 2 aromatic carbocycles. The Bertz CT molecular complexity index is 994. The Balaban J connectivity index is 1.72. The summed E-state index contributed by atoms with van der Waals surface area (Å²) < 4.78 is 38.6. The molecule has 152 valence electrons. The van der Waals surface area contributed by atoms with Gasteiger partial charge in [-0.25, -0.2) is 13.8 Å². The lowest BCUT2D eigenvalue weighted by Gasteiger charge is -2.14. The molecule has 3 rings (SSSR count). The summed E-state index contributed by atoms with van der Waals surface area (Å²) in [7, 11) is 0. The molecule has 0 saturated carbocycles. The van der Waals surface area contributed by atoms with Crippen LogP contribution in [-0.4, -0.2) is 17.5 Å². The standard InChI is InChI=1S/C22H22F2N2O3/c1-4-8-28-17-7-5-6-15(9-17)22-26-20(12-29-22)21(27)25-14(3)16-10-18(23)13(2)19(24)11-16/h5-7,9-12,14H,4,8H2,1-3H3,(H,25,27). The molecule has 0 bridgehead atoms. The first-order valence-corrected chi connectivity index (χ1v) is 9.34. The van der Waals surface area contributed by atoms with E-state index in [2.05, 4.69) is 10.3 Å². The molecular weight excluding hydrogens is 378 g/mol. The van der Waals surface area contributed by atoms with Crippen LogP contribution in [-0.2, 0) is 0 Å². The van der Waals surface area contributed by atoms with E-state index in [1.165, 1.54) is 25.3 Å². The Kier molecular flexibility index (Phi) is 6.26. The van der Waals surface area contributed by atoms with Crippen molar-refractivity contribution in [3.63, 3.8) is 0 Å². The van der Waals surface area contributed by atoms with Gasteiger partial charge < -0.3 is 14.5 Å². The van der Waals surface area contributed by atoms with Crippen LogP contribution >= 0.6 is 0 Å². The molecule has 3 aromatic rings. The number of nitrogens with zero attached hydrogens (tertiary/aromatic N) is 1. The highest BCUT2D eigenvalue weighted by atomic mass is 19.1. The van der Waals surface area contributed by atoms with Crippen molar-refractivity contribution in [1.29, 1.82) is 0 Å². The zero-order chi connectivity index (χ0) is 21.0. The molecule has 29 heavy (non-hydrogen) atoms. The molecule has 0 aliphatic rings. The number of amides is 1. The van der Waals surface area contributed by atoms with E-state index >= 15 is 0 Å². The van der Waals surface area contributed by atoms with Gasteiger partial charge in [-0.3, -0.25) is 4.79 Å². The molecule has 0 aliphatic carbocycles. The van der Waals surface area contributed by atoms with Gasteiger partial charge in [-0.1, -0.05) is 13.0 Å². The Hall–Kier alpha value is -3.22. The van der Waals surface area contributed by atoms with Crippen molar-refractivity contribution in [2.75, 3.05) is 6.61 Å². The number of ether oxygens (including phenoxy) is 1. The number of carbonyl (C=O) groups is 1. The zero-order valence-electron chi connectivity index (χ0n) is 16.5. The summed E-state index contributed by atoms with van der Waals surface area (Å²) >= 11 is 0. The monoisotopic (exact) mass is 400 g/mol. The van der Waals surface area contributed by atoms with Gasteiger partial charge in [0.2, 0.25) is 5.89 Å². The predicted molar refractivity (Wildman–Crippen MR) is 105 cm³/mol. The van der Waals surface area contributed by atoms with Crippen LogP contribution in [0.5, 0.6) is 5.75 Å². The largest absolute Gasteiger partial charge is 0.494 e. The first-order chi connectivity index (χ1) is 13.9. The minimum atomic E-state index is -0.657. The first-order valence-electron chi connectivity index (χ1n) is 9.34. The van der Waals surface area contributed by atoms with E-state index in [1.807, 2.05) is 19.1 Å². The maximum atomic E-state index is 13.8. The van der Waals surface area contributed by atoms with Gasteiger partial charge in [0.1, 0.15) is 23.6 Å². The zero-order valence-corrected chi connectivity index (χ0v) is 16.5. The maximum absolute atomic E-state index is 13.8. The summed E-state index contributed by atoms with van der Waals surface area (Å²) in [5.41, 5.74) is 1.01. The molecule has 1 unspecified atom stereocenters. The van der Waals surface area contributed by atoms with Crippen LogP contribution in [0.2, 0.25) is 0 Å². The van der Waals surface area contributed by atoms with Gasteiger partial charge in [0.25, 0.3) is 5.91 Å². The number of benzene rings is 2. The molecule has 1 N–H and O–H groups in total. The van der Waals surface area contributed by atoms with E-state index in [0.29, 0.717) is 23.5 Å². The smallest absolute Gasteiger partial charge is 0.273 e. The van der Waals surface area contributed by atoms with Crippen molar-refractivity contribution in [3.8, 4) is 17.2 Å². The third-order valence-electron chi connectivity index (χ3n) is 4.44. The van der Waals surface area contributed by atoms with E-state index in [0.717, 1.165) is 6.42 Å². The molecule has 0 aliphatic heterocycles. The minimum Gasteiger partial charge on any atom is -0.494 e. The van der Waals surface area contributed by atoms with Gasteiger partial charge in [0, 0.05) is 11.1 Å². The molecule has 5 nitrogen and oxygen atoms in total. The molecule has 1 heterocycles. The number of carbonyl (C=O) groups excluding carboxylic acids is 1. The van der Waals surface area contributed by atoms with Gasteiger partial charge in [0.05, 0.1) is 12.6 Å². The lowest BCUT2D eigenvalue weighted by Crippen LogP contribution is -2.27.